The third kappa shape index (κ3) is 7.07. The van der Waals surface area contributed by atoms with E-state index in [2.05, 4.69) is 5.32 Å². The van der Waals surface area contributed by atoms with Gasteiger partial charge in [-0.2, -0.15) is 0 Å². The van der Waals surface area contributed by atoms with Gasteiger partial charge in [-0.1, -0.05) is 47.5 Å². The lowest BCUT2D eigenvalue weighted by molar-refractivity contribution is -0.123. The predicted molar refractivity (Wildman–Crippen MR) is 146 cm³/mol. The smallest absolute Gasteiger partial charge is 0.293 e. The van der Waals surface area contributed by atoms with Crippen molar-refractivity contribution in [3.8, 4) is 11.5 Å². The summed E-state index contributed by atoms with van der Waals surface area (Å²) in [5.41, 5.74) is 2.15. The van der Waals surface area contributed by atoms with Gasteiger partial charge in [0.15, 0.2) is 6.61 Å². The average Bonchev–Trinajstić information content (AvgIpc) is 3.12. The third-order valence-corrected chi connectivity index (χ3v) is 6.66. The monoisotopic (exact) mass is 556 g/mol. The zero-order valence-electron chi connectivity index (χ0n) is 19.7. The number of nitrogens with zero attached hydrogens (tertiary/aromatic N) is 1. The summed E-state index contributed by atoms with van der Waals surface area (Å²) in [4.78, 5) is 39.1. The number of benzene rings is 3. The second-order valence-electron chi connectivity index (χ2n) is 8.00. The van der Waals surface area contributed by atoms with E-state index < -0.39 is 11.1 Å². The molecule has 190 valence electrons. The number of carbonyl (C=O) groups excluding carboxylic acids is 3. The van der Waals surface area contributed by atoms with E-state index >= 15 is 0 Å². The Kier molecular flexibility index (Phi) is 8.76. The van der Waals surface area contributed by atoms with Crippen molar-refractivity contribution in [1.82, 2.24) is 4.90 Å². The Morgan fingerprint density at radius 1 is 1.00 bits per heavy atom. The fourth-order valence-electron chi connectivity index (χ4n) is 3.47. The number of aryl methyl sites for hydroxylation is 1. The number of carbonyl (C=O) groups is 3. The van der Waals surface area contributed by atoms with Crippen LogP contribution >= 0.6 is 35.0 Å². The van der Waals surface area contributed by atoms with Gasteiger partial charge >= 0.3 is 0 Å². The van der Waals surface area contributed by atoms with Crippen LogP contribution in [0.4, 0.5) is 10.5 Å². The van der Waals surface area contributed by atoms with Crippen molar-refractivity contribution in [1.29, 1.82) is 0 Å². The van der Waals surface area contributed by atoms with E-state index in [9.17, 15) is 14.4 Å². The van der Waals surface area contributed by atoms with Crippen LogP contribution in [0.5, 0.6) is 11.5 Å². The number of hydrogen-bond acceptors (Lipinski definition) is 6. The van der Waals surface area contributed by atoms with Gasteiger partial charge in [0.1, 0.15) is 18.1 Å². The highest BCUT2D eigenvalue weighted by Crippen LogP contribution is 2.35. The maximum atomic E-state index is 12.9. The lowest BCUT2D eigenvalue weighted by Crippen LogP contribution is -2.32. The molecule has 0 radical (unpaired) electrons. The molecule has 0 atom stereocenters. The van der Waals surface area contributed by atoms with Crippen molar-refractivity contribution in [2.24, 2.45) is 0 Å². The van der Waals surface area contributed by atoms with Crippen molar-refractivity contribution < 1.29 is 23.9 Å². The molecule has 1 aliphatic rings. The molecule has 1 heterocycles. The number of nitrogens with one attached hydrogen (secondary N) is 1. The number of hydrogen-bond donors (Lipinski definition) is 1. The van der Waals surface area contributed by atoms with Crippen LogP contribution in [0, 0.1) is 6.92 Å². The van der Waals surface area contributed by atoms with Crippen LogP contribution in [0.2, 0.25) is 10.0 Å². The molecule has 3 aromatic carbocycles. The van der Waals surface area contributed by atoms with Crippen molar-refractivity contribution in [2.45, 2.75) is 6.92 Å². The van der Waals surface area contributed by atoms with Crippen molar-refractivity contribution >= 4 is 63.8 Å². The first-order valence-corrected chi connectivity index (χ1v) is 12.8. The van der Waals surface area contributed by atoms with Gasteiger partial charge in [-0.3, -0.25) is 19.3 Å². The molecule has 0 bridgehead atoms. The van der Waals surface area contributed by atoms with Crippen LogP contribution < -0.4 is 14.8 Å². The summed E-state index contributed by atoms with van der Waals surface area (Å²) in [6.45, 7) is 1.83. The number of anilines is 1. The molecule has 0 saturated carbocycles. The molecule has 1 aliphatic heterocycles. The Morgan fingerprint density at radius 2 is 1.81 bits per heavy atom. The number of imide groups is 1. The highest BCUT2D eigenvalue weighted by Gasteiger charge is 2.35. The van der Waals surface area contributed by atoms with Gasteiger partial charge < -0.3 is 14.8 Å². The molecule has 37 heavy (non-hydrogen) atoms. The Balaban J connectivity index is 1.41. The van der Waals surface area contributed by atoms with Gasteiger partial charge in [0.25, 0.3) is 17.1 Å². The van der Waals surface area contributed by atoms with Gasteiger partial charge in [-0.25, -0.2) is 0 Å². The molecule has 0 aromatic heterocycles. The largest absolute Gasteiger partial charge is 0.490 e. The topological polar surface area (TPSA) is 84.9 Å². The van der Waals surface area contributed by atoms with Crippen molar-refractivity contribution in [2.75, 3.05) is 25.1 Å². The van der Waals surface area contributed by atoms with E-state index in [4.69, 9.17) is 32.7 Å². The van der Waals surface area contributed by atoms with Crippen molar-refractivity contribution in [3.05, 3.63) is 92.8 Å². The molecule has 1 saturated heterocycles. The molecular formula is C27H22Cl2N2O5S. The molecule has 0 spiro atoms. The Hall–Kier alpha value is -3.46. The summed E-state index contributed by atoms with van der Waals surface area (Å²) < 4.78 is 11.3. The average molecular weight is 557 g/mol. The quantitative estimate of drug-likeness (QED) is 0.305. The molecule has 0 unspecified atom stereocenters. The molecule has 4 rings (SSSR count). The summed E-state index contributed by atoms with van der Waals surface area (Å²) in [6, 6.07) is 19.2. The van der Waals surface area contributed by atoms with E-state index in [-0.39, 0.29) is 30.6 Å². The number of thioether (sulfide) groups is 1. The van der Waals surface area contributed by atoms with Crippen LogP contribution in [0.1, 0.15) is 11.1 Å². The summed E-state index contributed by atoms with van der Waals surface area (Å²) in [5.74, 6) is 0.0164. The van der Waals surface area contributed by atoms with Crippen LogP contribution in [-0.4, -0.2) is 41.7 Å². The number of ether oxygens (including phenoxy) is 2. The van der Waals surface area contributed by atoms with Crippen LogP contribution in [-0.2, 0) is 9.59 Å². The molecule has 10 heteroatoms. The van der Waals surface area contributed by atoms with E-state index in [1.54, 1.807) is 48.5 Å². The van der Waals surface area contributed by atoms with Crippen molar-refractivity contribution in [3.63, 3.8) is 0 Å². The maximum Gasteiger partial charge on any atom is 0.293 e. The van der Waals surface area contributed by atoms with Crippen LogP contribution in [0.3, 0.4) is 0 Å². The first-order valence-electron chi connectivity index (χ1n) is 11.2. The third-order valence-electron chi connectivity index (χ3n) is 5.20. The first kappa shape index (κ1) is 26.6. The summed E-state index contributed by atoms with van der Waals surface area (Å²) in [7, 11) is 0. The minimum Gasteiger partial charge on any atom is -0.490 e. The molecule has 0 aliphatic carbocycles. The van der Waals surface area contributed by atoms with Gasteiger partial charge in [0.2, 0.25) is 0 Å². The second-order valence-corrected chi connectivity index (χ2v) is 9.84. The number of halogens is 2. The van der Waals surface area contributed by atoms with Gasteiger partial charge in [0, 0.05) is 16.3 Å². The van der Waals surface area contributed by atoms with E-state index in [0.29, 0.717) is 32.8 Å². The summed E-state index contributed by atoms with van der Waals surface area (Å²) in [6.07, 6.45) is 1.53. The second kappa shape index (κ2) is 12.2. The highest BCUT2D eigenvalue weighted by atomic mass is 35.5. The van der Waals surface area contributed by atoms with Crippen LogP contribution in [0.25, 0.3) is 6.08 Å². The Labute approximate surface area is 228 Å². The lowest BCUT2D eigenvalue weighted by atomic mass is 10.2. The Bertz CT molecular complexity index is 1380. The molecule has 3 aromatic rings. The summed E-state index contributed by atoms with van der Waals surface area (Å²) >= 11 is 13.0. The maximum absolute atomic E-state index is 12.9. The minimum absolute atomic E-state index is 0.0608. The molecule has 1 fully saturated rings. The van der Waals surface area contributed by atoms with E-state index in [1.807, 2.05) is 25.1 Å². The fourth-order valence-corrected chi connectivity index (χ4v) is 4.70. The molecule has 7 nitrogen and oxygen atoms in total. The molecular weight excluding hydrogens is 535 g/mol. The number of amides is 3. The predicted octanol–water partition coefficient (Wildman–Crippen LogP) is 6.43. The minimum atomic E-state index is -0.458. The molecule has 3 amide bonds. The normalized spacial score (nSPS) is 14.2. The standard InChI is InChI=1S/C27H22Cl2N2O5S/c1-17-5-4-6-20(13-17)30-25(32)16-36-22-10-9-19(28)14-18(22)15-24-26(33)31(27(34)37-24)11-12-35-23-8-3-2-7-21(23)29/h2-10,13-15H,11-12,16H2,1H3,(H,30,32)/b24-15-. The zero-order valence-corrected chi connectivity index (χ0v) is 22.0. The van der Waals surface area contributed by atoms with Gasteiger partial charge in [0.05, 0.1) is 16.5 Å². The zero-order chi connectivity index (χ0) is 26.4. The Morgan fingerprint density at radius 3 is 2.59 bits per heavy atom. The lowest BCUT2D eigenvalue weighted by Gasteiger charge is -2.14. The van der Waals surface area contributed by atoms with Gasteiger partial charge in [-0.15, -0.1) is 0 Å². The van der Waals surface area contributed by atoms with E-state index in [0.717, 1.165) is 22.2 Å². The molecule has 1 N–H and O–H groups in total. The van der Waals surface area contributed by atoms with Crippen LogP contribution in [0.15, 0.2) is 71.6 Å². The van der Waals surface area contributed by atoms with Gasteiger partial charge in [-0.05, 0) is 72.8 Å². The first-order chi connectivity index (χ1) is 17.8. The SMILES string of the molecule is Cc1cccc(NC(=O)COc2ccc(Cl)cc2/C=C2\SC(=O)N(CCOc3ccccc3Cl)C2=O)c1. The highest BCUT2D eigenvalue weighted by molar-refractivity contribution is 8.18. The fraction of sp³-hybridized carbons (Fsp3) is 0.148. The summed E-state index contributed by atoms with van der Waals surface area (Å²) in [5, 5.41) is 3.21. The number of rotatable bonds is 9. The van der Waals surface area contributed by atoms with E-state index in [1.165, 1.54) is 6.08 Å². The number of para-hydroxylation sites is 1.